The molecule has 1 aromatic rings. The third-order valence-corrected chi connectivity index (χ3v) is 2.68. The fourth-order valence-electron chi connectivity index (χ4n) is 2.04. The maximum atomic E-state index is 13.3. The van der Waals surface area contributed by atoms with Crippen LogP contribution in [0.5, 0.6) is 0 Å². The van der Waals surface area contributed by atoms with E-state index in [-0.39, 0.29) is 11.0 Å². The Morgan fingerprint density at radius 2 is 2.07 bits per heavy atom. The molecule has 0 unspecified atom stereocenters. The minimum absolute atomic E-state index is 0.160. The molecular formula is C12H13FN2. The predicted octanol–water partition coefficient (Wildman–Crippen LogP) is 2.54. The van der Waals surface area contributed by atoms with Gasteiger partial charge in [-0.05, 0) is 17.5 Å². The highest BCUT2D eigenvalue weighted by molar-refractivity contribution is 5.61. The summed E-state index contributed by atoms with van der Waals surface area (Å²) in [5.41, 5.74) is 1.16. The first kappa shape index (κ1) is 9.97. The van der Waals surface area contributed by atoms with Crippen LogP contribution in [0.4, 0.5) is 10.1 Å². The van der Waals surface area contributed by atoms with E-state index in [9.17, 15) is 4.39 Å². The van der Waals surface area contributed by atoms with Gasteiger partial charge in [0.2, 0.25) is 0 Å². The van der Waals surface area contributed by atoms with Crippen LogP contribution in [-0.4, -0.2) is 13.1 Å². The number of benzene rings is 1. The molecule has 15 heavy (non-hydrogen) atoms. The van der Waals surface area contributed by atoms with Crippen LogP contribution >= 0.6 is 0 Å². The standard InChI is InChI=1S/C12H13FN2/c1-12(2)7-15(8-12)11-5-3-4-10(13)9(11)6-14/h3-5H,7-8H2,1-2H3. The van der Waals surface area contributed by atoms with Crippen LogP contribution in [0.2, 0.25) is 0 Å². The molecule has 0 spiro atoms. The van der Waals surface area contributed by atoms with Gasteiger partial charge in [-0.15, -0.1) is 0 Å². The van der Waals surface area contributed by atoms with Gasteiger partial charge >= 0.3 is 0 Å². The Morgan fingerprint density at radius 1 is 1.40 bits per heavy atom. The van der Waals surface area contributed by atoms with Crippen molar-refractivity contribution in [3.8, 4) is 6.07 Å². The highest BCUT2D eigenvalue weighted by Gasteiger charge is 2.35. The second-order valence-corrected chi connectivity index (χ2v) is 4.77. The van der Waals surface area contributed by atoms with Crippen LogP contribution in [0.3, 0.4) is 0 Å². The Hall–Kier alpha value is -1.56. The van der Waals surface area contributed by atoms with Gasteiger partial charge in [0.05, 0.1) is 5.69 Å². The summed E-state index contributed by atoms with van der Waals surface area (Å²) in [5, 5.41) is 8.88. The van der Waals surface area contributed by atoms with Gasteiger partial charge in [0.25, 0.3) is 0 Å². The first-order valence-corrected chi connectivity index (χ1v) is 4.97. The number of hydrogen-bond donors (Lipinski definition) is 0. The number of nitriles is 1. The summed E-state index contributed by atoms with van der Waals surface area (Å²) in [6.07, 6.45) is 0. The highest BCUT2D eigenvalue weighted by Crippen LogP contribution is 2.35. The maximum absolute atomic E-state index is 13.3. The van der Waals surface area contributed by atoms with Gasteiger partial charge in [-0.1, -0.05) is 19.9 Å². The average Bonchev–Trinajstić information content (AvgIpc) is 2.13. The Kier molecular flexibility index (Phi) is 2.15. The molecule has 0 bridgehead atoms. The van der Waals surface area contributed by atoms with E-state index < -0.39 is 5.82 Å². The molecule has 3 heteroatoms. The third-order valence-electron chi connectivity index (χ3n) is 2.68. The number of hydrogen-bond acceptors (Lipinski definition) is 2. The van der Waals surface area contributed by atoms with Gasteiger partial charge in [0, 0.05) is 13.1 Å². The van der Waals surface area contributed by atoms with Crippen molar-refractivity contribution in [3.63, 3.8) is 0 Å². The number of halogens is 1. The Labute approximate surface area is 88.9 Å². The van der Waals surface area contributed by atoms with Crippen molar-refractivity contribution in [1.29, 1.82) is 5.26 Å². The van der Waals surface area contributed by atoms with Crippen LogP contribution in [0.1, 0.15) is 19.4 Å². The van der Waals surface area contributed by atoms with Gasteiger partial charge in [0.1, 0.15) is 17.4 Å². The Bertz CT molecular complexity index is 424. The van der Waals surface area contributed by atoms with E-state index >= 15 is 0 Å². The minimum atomic E-state index is -0.431. The molecule has 1 fully saturated rings. The van der Waals surface area contributed by atoms with Crippen molar-refractivity contribution < 1.29 is 4.39 Å². The lowest BCUT2D eigenvalue weighted by Gasteiger charge is -2.47. The molecule has 1 saturated heterocycles. The van der Waals surface area contributed by atoms with Crippen LogP contribution in [0.15, 0.2) is 18.2 Å². The molecule has 1 aromatic carbocycles. The zero-order valence-electron chi connectivity index (χ0n) is 8.92. The Balaban J connectivity index is 2.31. The SMILES string of the molecule is CC1(C)CN(c2cccc(F)c2C#N)C1. The van der Waals surface area contributed by atoms with Gasteiger partial charge in [-0.2, -0.15) is 5.26 Å². The first-order valence-electron chi connectivity index (χ1n) is 4.97. The van der Waals surface area contributed by atoms with Crippen molar-refractivity contribution in [1.82, 2.24) is 0 Å². The lowest BCUT2D eigenvalue weighted by Crippen LogP contribution is -2.53. The summed E-state index contributed by atoms with van der Waals surface area (Å²) in [6.45, 7) is 6.08. The molecule has 0 aromatic heterocycles. The molecule has 0 saturated carbocycles. The molecule has 1 heterocycles. The average molecular weight is 204 g/mol. The third kappa shape index (κ3) is 1.68. The number of nitrogens with zero attached hydrogens (tertiary/aromatic N) is 2. The lowest BCUT2D eigenvalue weighted by molar-refractivity contribution is 0.276. The lowest BCUT2D eigenvalue weighted by atomic mass is 9.83. The minimum Gasteiger partial charge on any atom is -0.369 e. The molecule has 2 rings (SSSR count). The van der Waals surface area contributed by atoms with Crippen molar-refractivity contribution >= 4 is 5.69 Å². The van der Waals surface area contributed by atoms with Crippen molar-refractivity contribution in [3.05, 3.63) is 29.6 Å². The Morgan fingerprint density at radius 3 is 2.60 bits per heavy atom. The number of rotatable bonds is 1. The summed E-state index contributed by atoms with van der Waals surface area (Å²) in [7, 11) is 0. The summed E-state index contributed by atoms with van der Waals surface area (Å²) < 4.78 is 13.3. The molecule has 0 aliphatic carbocycles. The van der Waals surface area contributed by atoms with Crippen LogP contribution in [-0.2, 0) is 0 Å². The normalized spacial score (nSPS) is 18.1. The van der Waals surface area contributed by atoms with Crippen molar-refractivity contribution in [2.24, 2.45) is 5.41 Å². The van der Waals surface area contributed by atoms with Gasteiger partial charge in [-0.3, -0.25) is 0 Å². The summed E-state index contributed by atoms with van der Waals surface area (Å²) >= 11 is 0. The van der Waals surface area contributed by atoms with Crippen LogP contribution in [0, 0.1) is 22.6 Å². The molecule has 1 aliphatic heterocycles. The zero-order valence-corrected chi connectivity index (χ0v) is 8.92. The van der Waals surface area contributed by atoms with Crippen molar-refractivity contribution in [2.75, 3.05) is 18.0 Å². The fourth-order valence-corrected chi connectivity index (χ4v) is 2.04. The molecule has 0 N–H and O–H groups in total. The van der Waals surface area contributed by atoms with E-state index in [0.29, 0.717) is 0 Å². The molecule has 78 valence electrons. The van der Waals surface area contributed by atoms with Crippen molar-refractivity contribution in [2.45, 2.75) is 13.8 Å². The molecule has 2 nitrogen and oxygen atoms in total. The zero-order chi connectivity index (χ0) is 11.1. The summed E-state index contributed by atoms with van der Waals surface area (Å²) in [5.74, 6) is -0.431. The topological polar surface area (TPSA) is 27.0 Å². The van der Waals surface area contributed by atoms with Gasteiger partial charge in [0.15, 0.2) is 0 Å². The fraction of sp³-hybridized carbons (Fsp3) is 0.417. The van der Waals surface area contributed by atoms with Crippen LogP contribution in [0.25, 0.3) is 0 Å². The maximum Gasteiger partial charge on any atom is 0.143 e. The molecule has 0 radical (unpaired) electrons. The number of anilines is 1. The van der Waals surface area contributed by atoms with Gasteiger partial charge < -0.3 is 4.90 Å². The quantitative estimate of drug-likeness (QED) is 0.703. The second kappa shape index (κ2) is 3.23. The predicted molar refractivity (Wildman–Crippen MR) is 57.1 cm³/mol. The smallest absolute Gasteiger partial charge is 0.143 e. The first-order chi connectivity index (χ1) is 7.03. The molecule has 0 amide bonds. The largest absolute Gasteiger partial charge is 0.369 e. The van der Waals surface area contributed by atoms with Crippen LogP contribution < -0.4 is 4.90 Å². The summed E-state index contributed by atoms with van der Waals surface area (Å²) in [4.78, 5) is 2.04. The molecule has 0 atom stereocenters. The summed E-state index contributed by atoms with van der Waals surface area (Å²) in [6, 6.07) is 6.70. The van der Waals surface area contributed by atoms with E-state index in [0.717, 1.165) is 18.8 Å². The monoisotopic (exact) mass is 204 g/mol. The van der Waals surface area contributed by atoms with E-state index in [1.54, 1.807) is 12.1 Å². The van der Waals surface area contributed by atoms with E-state index in [4.69, 9.17) is 5.26 Å². The van der Waals surface area contributed by atoms with E-state index in [1.807, 2.05) is 11.0 Å². The molecule has 1 aliphatic rings. The van der Waals surface area contributed by atoms with E-state index in [1.165, 1.54) is 6.07 Å². The van der Waals surface area contributed by atoms with E-state index in [2.05, 4.69) is 13.8 Å². The molecular weight excluding hydrogens is 191 g/mol. The highest BCUT2D eigenvalue weighted by atomic mass is 19.1. The second-order valence-electron chi connectivity index (χ2n) is 4.77. The van der Waals surface area contributed by atoms with Gasteiger partial charge in [-0.25, -0.2) is 4.39 Å².